The molecule has 2 unspecified atom stereocenters. The Hall–Kier alpha value is -3.61. The molecule has 2 N–H and O–H groups in total. The van der Waals surface area contributed by atoms with Crippen LogP contribution in [0.1, 0.15) is 6.42 Å². The number of sulfone groups is 1. The Kier molecular flexibility index (Phi) is 7.95. The highest BCUT2D eigenvalue weighted by Gasteiger charge is 2.40. The lowest BCUT2D eigenvalue weighted by Gasteiger charge is -2.24. The smallest absolute Gasteiger partial charge is 0.323 e. The minimum Gasteiger partial charge on any atom is -0.380 e. The van der Waals surface area contributed by atoms with Crippen molar-refractivity contribution in [1.82, 2.24) is 9.88 Å². The van der Waals surface area contributed by atoms with Crippen LogP contribution in [-0.4, -0.2) is 62.3 Å². The minimum absolute atomic E-state index is 0.0124. The van der Waals surface area contributed by atoms with Crippen LogP contribution < -0.4 is 10.6 Å². The number of likely N-dealkylation sites (tertiary alicyclic amines) is 1. The van der Waals surface area contributed by atoms with E-state index in [4.69, 9.17) is 16.3 Å². The number of urea groups is 1. The third kappa shape index (κ3) is 6.09. The highest BCUT2D eigenvalue weighted by atomic mass is 35.5. The highest BCUT2D eigenvalue weighted by molar-refractivity contribution is 7.90. The van der Waals surface area contributed by atoms with Crippen LogP contribution >= 0.6 is 11.6 Å². The summed E-state index contributed by atoms with van der Waals surface area (Å²) in [5, 5.41) is 5.45. The third-order valence-electron chi connectivity index (χ3n) is 6.00. The van der Waals surface area contributed by atoms with Crippen LogP contribution in [0.5, 0.6) is 0 Å². The predicted octanol–water partition coefficient (Wildman–Crippen LogP) is 4.34. The van der Waals surface area contributed by atoms with E-state index in [1.807, 2.05) is 0 Å². The maximum Gasteiger partial charge on any atom is 0.323 e. The number of hydrogen-bond acceptors (Lipinski definition) is 6. The zero-order valence-electron chi connectivity index (χ0n) is 20.2. The molecule has 13 heteroatoms. The minimum atomic E-state index is -3.72. The first kappa shape index (κ1) is 27.4. The first-order chi connectivity index (χ1) is 18.0. The Morgan fingerprint density at radius 3 is 2.50 bits per heavy atom. The van der Waals surface area contributed by atoms with Gasteiger partial charge in [0, 0.05) is 38.1 Å². The standard InChI is InChI=1S/C25H23ClF2N4O5S/c1-37-17-11-21(32(13-17)25(34)31-23-8-4-15(26)12-29-23)24(33)30-20-6-3-14(9-19(20)28)18-10-16(27)5-7-22(18)38(2,35)36/h3-10,12,17,21H,11,13H2,1-2H3,(H,30,33)(H,29,31,34). The molecule has 9 nitrogen and oxygen atoms in total. The molecule has 3 aromatic rings. The molecular weight excluding hydrogens is 542 g/mol. The van der Waals surface area contributed by atoms with Gasteiger partial charge in [-0.25, -0.2) is 27.0 Å². The van der Waals surface area contributed by atoms with Crippen molar-refractivity contribution in [2.24, 2.45) is 0 Å². The lowest BCUT2D eigenvalue weighted by atomic mass is 10.0. The van der Waals surface area contributed by atoms with Gasteiger partial charge >= 0.3 is 6.03 Å². The zero-order valence-corrected chi connectivity index (χ0v) is 21.8. The molecule has 2 heterocycles. The second-order valence-corrected chi connectivity index (χ2v) is 11.1. The summed E-state index contributed by atoms with van der Waals surface area (Å²) in [6.45, 7) is 0.114. The molecule has 0 saturated carbocycles. The summed E-state index contributed by atoms with van der Waals surface area (Å²) in [5.74, 6) is -1.99. The summed E-state index contributed by atoms with van der Waals surface area (Å²) >= 11 is 5.82. The average Bonchev–Trinajstić information content (AvgIpc) is 3.31. The number of carbonyl (C=O) groups excluding carboxylic acids is 2. The number of halogens is 3. The van der Waals surface area contributed by atoms with Gasteiger partial charge in [0.25, 0.3) is 0 Å². The molecule has 1 fully saturated rings. The molecule has 3 amide bonds. The van der Waals surface area contributed by atoms with Gasteiger partial charge in [0.1, 0.15) is 23.5 Å². The molecule has 2 atom stereocenters. The molecule has 1 aromatic heterocycles. The van der Waals surface area contributed by atoms with Crippen LogP contribution in [0, 0.1) is 11.6 Å². The fraction of sp³-hybridized carbons (Fsp3) is 0.240. The highest BCUT2D eigenvalue weighted by Crippen LogP contribution is 2.31. The second-order valence-electron chi connectivity index (χ2n) is 8.65. The summed E-state index contributed by atoms with van der Waals surface area (Å²) in [6.07, 6.45) is 2.07. The van der Waals surface area contributed by atoms with Crippen molar-refractivity contribution in [3.63, 3.8) is 0 Å². The van der Waals surface area contributed by atoms with Crippen molar-refractivity contribution in [1.29, 1.82) is 0 Å². The molecule has 0 spiro atoms. The van der Waals surface area contributed by atoms with E-state index in [9.17, 15) is 22.4 Å². The summed E-state index contributed by atoms with van der Waals surface area (Å²) in [4.78, 5) is 31.1. The summed E-state index contributed by atoms with van der Waals surface area (Å²) in [6, 6.07) is 8.19. The van der Waals surface area contributed by atoms with Crippen LogP contribution in [-0.2, 0) is 19.4 Å². The van der Waals surface area contributed by atoms with Crippen LogP contribution in [0.25, 0.3) is 11.1 Å². The number of benzene rings is 2. The van der Waals surface area contributed by atoms with Crippen molar-refractivity contribution in [2.75, 3.05) is 30.5 Å². The number of pyridine rings is 1. The maximum atomic E-state index is 15.0. The maximum absolute atomic E-state index is 15.0. The Bertz CT molecular complexity index is 1490. The van der Waals surface area contributed by atoms with Crippen molar-refractivity contribution >= 4 is 44.9 Å². The van der Waals surface area contributed by atoms with Gasteiger partial charge < -0.3 is 15.0 Å². The van der Waals surface area contributed by atoms with Gasteiger partial charge in [0.15, 0.2) is 9.84 Å². The number of nitrogens with one attached hydrogen (secondary N) is 2. The molecule has 1 aliphatic heterocycles. The van der Waals surface area contributed by atoms with E-state index in [1.165, 1.54) is 36.4 Å². The lowest BCUT2D eigenvalue weighted by Crippen LogP contribution is -2.45. The van der Waals surface area contributed by atoms with Gasteiger partial charge in [-0.05, 0) is 48.0 Å². The summed E-state index contributed by atoms with van der Waals surface area (Å²) < 4.78 is 58.5. The van der Waals surface area contributed by atoms with Crippen LogP contribution in [0.15, 0.2) is 59.6 Å². The van der Waals surface area contributed by atoms with Gasteiger partial charge in [-0.3, -0.25) is 10.1 Å². The number of hydrogen-bond donors (Lipinski definition) is 2. The first-order valence-electron chi connectivity index (χ1n) is 11.3. The van der Waals surface area contributed by atoms with Gasteiger partial charge in [-0.15, -0.1) is 0 Å². The normalized spacial score (nSPS) is 17.3. The molecule has 1 saturated heterocycles. The number of ether oxygens (including phenoxy) is 1. The van der Waals surface area contributed by atoms with Gasteiger partial charge in [-0.2, -0.15) is 0 Å². The molecule has 38 heavy (non-hydrogen) atoms. The molecular formula is C25H23ClF2N4O5S. The van der Waals surface area contributed by atoms with E-state index >= 15 is 4.39 Å². The zero-order chi connectivity index (χ0) is 27.6. The Balaban J connectivity index is 1.54. The number of carbonyl (C=O) groups is 2. The van der Waals surface area contributed by atoms with Crippen molar-refractivity contribution in [3.8, 4) is 11.1 Å². The van der Waals surface area contributed by atoms with Gasteiger partial charge in [-0.1, -0.05) is 17.7 Å². The van der Waals surface area contributed by atoms with Crippen LogP contribution in [0.3, 0.4) is 0 Å². The Morgan fingerprint density at radius 1 is 1.11 bits per heavy atom. The Morgan fingerprint density at radius 2 is 1.87 bits per heavy atom. The number of anilines is 2. The Labute approximate surface area is 222 Å². The van der Waals surface area contributed by atoms with E-state index in [0.29, 0.717) is 5.02 Å². The predicted molar refractivity (Wildman–Crippen MR) is 138 cm³/mol. The average molecular weight is 565 g/mol. The van der Waals surface area contributed by atoms with Gasteiger partial charge in [0.2, 0.25) is 5.91 Å². The number of methoxy groups -OCH3 is 1. The molecule has 2 aromatic carbocycles. The molecule has 0 aliphatic carbocycles. The van der Waals surface area contributed by atoms with Gasteiger partial charge in [0.05, 0.1) is 21.7 Å². The topological polar surface area (TPSA) is 118 Å². The lowest BCUT2D eigenvalue weighted by molar-refractivity contribution is -0.119. The van der Waals surface area contributed by atoms with Crippen molar-refractivity contribution < 1.29 is 31.5 Å². The first-order valence-corrected chi connectivity index (χ1v) is 13.6. The quantitative estimate of drug-likeness (QED) is 0.430. The summed E-state index contributed by atoms with van der Waals surface area (Å²) in [5.41, 5.74) is -0.101. The van der Waals surface area contributed by atoms with Crippen molar-refractivity contribution in [2.45, 2.75) is 23.5 Å². The van der Waals surface area contributed by atoms with Crippen LogP contribution in [0.4, 0.5) is 25.1 Å². The number of aromatic nitrogens is 1. The number of rotatable bonds is 6. The van der Waals surface area contributed by atoms with Crippen molar-refractivity contribution in [3.05, 3.63) is 71.4 Å². The molecule has 0 radical (unpaired) electrons. The monoisotopic (exact) mass is 564 g/mol. The molecule has 0 bridgehead atoms. The fourth-order valence-electron chi connectivity index (χ4n) is 4.12. The molecule has 4 rings (SSSR count). The molecule has 1 aliphatic rings. The molecule has 200 valence electrons. The third-order valence-corrected chi connectivity index (χ3v) is 7.38. The van der Waals surface area contributed by atoms with E-state index in [1.54, 1.807) is 6.07 Å². The van der Waals surface area contributed by atoms with E-state index in [2.05, 4.69) is 15.6 Å². The van der Waals surface area contributed by atoms with Crippen LogP contribution in [0.2, 0.25) is 5.02 Å². The largest absolute Gasteiger partial charge is 0.380 e. The number of amides is 3. The van der Waals surface area contributed by atoms with E-state index < -0.39 is 45.6 Å². The second kappa shape index (κ2) is 11.0. The SMILES string of the molecule is COC1CC(C(=O)Nc2ccc(-c3cc(F)ccc3S(C)(=O)=O)cc2F)N(C(=O)Nc2ccc(Cl)cn2)C1. The van der Waals surface area contributed by atoms with E-state index in [0.717, 1.165) is 30.5 Å². The fourth-order valence-corrected chi connectivity index (χ4v) is 5.13. The van der Waals surface area contributed by atoms with E-state index in [-0.39, 0.29) is 40.5 Å². The summed E-state index contributed by atoms with van der Waals surface area (Å²) in [7, 11) is -2.27. The number of nitrogens with zero attached hydrogens (tertiary/aromatic N) is 2.